The van der Waals surface area contributed by atoms with Crippen molar-refractivity contribution in [2.45, 2.75) is 50.9 Å². The molecule has 31 heavy (non-hydrogen) atoms. The first kappa shape index (κ1) is 19.4. The topological polar surface area (TPSA) is 23.6 Å². The number of rotatable bonds is 3. The minimum atomic E-state index is -0.107. The van der Waals surface area contributed by atoms with Gasteiger partial charge in [-0.15, -0.1) is 0 Å². The van der Waals surface area contributed by atoms with E-state index in [1.165, 1.54) is 36.1 Å². The van der Waals surface area contributed by atoms with Gasteiger partial charge in [-0.25, -0.2) is 0 Å². The molecule has 1 amide bonds. The van der Waals surface area contributed by atoms with Gasteiger partial charge in [0.2, 0.25) is 5.91 Å². The summed E-state index contributed by atoms with van der Waals surface area (Å²) < 4.78 is 0. The van der Waals surface area contributed by atoms with E-state index in [1.54, 1.807) is 0 Å². The number of aryl methyl sites for hydroxylation is 1. The molecule has 3 nitrogen and oxygen atoms in total. The smallest absolute Gasteiger partial charge is 0.228 e. The molecule has 4 aliphatic carbocycles. The van der Waals surface area contributed by atoms with Crippen LogP contribution in [0.1, 0.15) is 49.7 Å². The number of piperazine rings is 1. The summed E-state index contributed by atoms with van der Waals surface area (Å²) in [6.45, 7) is 5.79. The molecule has 1 heterocycles. The molecular formula is C28H34N2O. The van der Waals surface area contributed by atoms with Gasteiger partial charge in [0.05, 0.1) is 5.41 Å². The van der Waals surface area contributed by atoms with E-state index in [0.717, 1.165) is 57.3 Å². The van der Waals surface area contributed by atoms with E-state index in [0.29, 0.717) is 5.91 Å². The van der Waals surface area contributed by atoms with Crippen LogP contribution in [0, 0.1) is 24.2 Å². The van der Waals surface area contributed by atoms with Crippen LogP contribution in [0.3, 0.4) is 0 Å². The quantitative estimate of drug-likeness (QED) is 0.691. The van der Waals surface area contributed by atoms with Gasteiger partial charge in [0.25, 0.3) is 0 Å². The molecule has 5 aliphatic rings. The number of hydrogen-bond acceptors (Lipinski definition) is 2. The van der Waals surface area contributed by atoms with Crippen molar-refractivity contribution >= 4 is 11.6 Å². The van der Waals surface area contributed by atoms with Crippen molar-refractivity contribution in [3.63, 3.8) is 0 Å². The van der Waals surface area contributed by atoms with Gasteiger partial charge >= 0.3 is 0 Å². The van der Waals surface area contributed by atoms with Crippen LogP contribution >= 0.6 is 0 Å². The fourth-order valence-electron chi connectivity index (χ4n) is 7.90. The lowest BCUT2D eigenvalue weighted by Crippen LogP contribution is -2.61. The normalized spacial score (nSPS) is 34.2. The average Bonchev–Trinajstić information content (AvgIpc) is 2.79. The predicted octanol–water partition coefficient (Wildman–Crippen LogP) is 5.18. The standard InChI is InChI=1S/C28H34N2O/c1-21-7-9-24(10-8-21)27-16-22-15-23(17-27)19-28(18-22,20-27)26(31)30-13-11-29(12-14-30)25-5-3-2-4-6-25/h2-10,22-23H,11-20H2,1H3/t22-,23-,27?,28?/m1/s1. The molecule has 2 atom stereocenters. The molecule has 0 N–H and O–H groups in total. The number of hydrogen-bond donors (Lipinski definition) is 0. The van der Waals surface area contributed by atoms with Crippen LogP contribution in [0.25, 0.3) is 0 Å². The number of anilines is 1. The van der Waals surface area contributed by atoms with Crippen LogP contribution in [0.5, 0.6) is 0 Å². The zero-order valence-electron chi connectivity index (χ0n) is 18.7. The van der Waals surface area contributed by atoms with Crippen molar-refractivity contribution in [2.75, 3.05) is 31.1 Å². The highest BCUT2D eigenvalue weighted by atomic mass is 16.2. The van der Waals surface area contributed by atoms with Crippen LogP contribution in [0.2, 0.25) is 0 Å². The van der Waals surface area contributed by atoms with Gasteiger partial charge in [0.1, 0.15) is 0 Å². The molecular weight excluding hydrogens is 380 g/mol. The molecule has 0 radical (unpaired) electrons. The lowest BCUT2D eigenvalue weighted by Gasteiger charge is -2.62. The third-order valence-corrected chi connectivity index (χ3v) is 8.87. The van der Waals surface area contributed by atoms with Crippen LogP contribution in [-0.4, -0.2) is 37.0 Å². The van der Waals surface area contributed by atoms with E-state index < -0.39 is 0 Å². The number of para-hydroxylation sites is 1. The Balaban J connectivity index is 1.23. The number of carbonyl (C=O) groups excluding carboxylic acids is 1. The van der Waals surface area contributed by atoms with Crippen molar-refractivity contribution in [3.8, 4) is 0 Å². The molecule has 2 aromatic carbocycles. The molecule has 5 fully saturated rings. The van der Waals surface area contributed by atoms with Crippen molar-refractivity contribution in [1.29, 1.82) is 0 Å². The van der Waals surface area contributed by atoms with Crippen LogP contribution < -0.4 is 4.90 Å². The summed E-state index contributed by atoms with van der Waals surface area (Å²) in [5.74, 6) is 1.94. The highest BCUT2D eigenvalue weighted by Crippen LogP contribution is 2.66. The van der Waals surface area contributed by atoms with E-state index in [4.69, 9.17) is 0 Å². The SMILES string of the molecule is Cc1ccc(C23C[C@H]4C[C@@H](CC(C(=O)N5CCN(c6ccccc6)CC5)(C4)C2)C3)cc1. The maximum atomic E-state index is 14.0. The Morgan fingerprint density at radius 3 is 2.13 bits per heavy atom. The zero-order valence-corrected chi connectivity index (χ0v) is 18.7. The first-order valence-electron chi connectivity index (χ1n) is 12.2. The van der Waals surface area contributed by atoms with E-state index in [1.807, 2.05) is 0 Å². The second-order valence-corrected chi connectivity index (χ2v) is 11.0. The average molecular weight is 415 g/mol. The molecule has 1 aliphatic heterocycles. The molecule has 162 valence electrons. The molecule has 1 saturated heterocycles. The van der Waals surface area contributed by atoms with Crippen molar-refractivity contribution < 1.29 is 4.79 Å². The Hall–Kier alpha value is -2.29. The molecule has 4 bridgehead atoms. The van der Waals surface area contributed by atoms with E-state index in [2.05, 4.69) is 71.3 Å². The van der Waals surface area contributed by atoms with Crippen molar-refractivity contribution in [1.82, 2.24) is 4.90 Å². The summed E-state index contributed by atoms with van der Waals surface area (Å²) in [5.41, 5.74) is 4.24. The van der Waals surface area contributed by atoms with Gasteiger partial charge in [-0.1, -0.05) is 48.0 Å². The largest absolute Gasteiger partial charge is 0.368 e. The number of benzene rings is 2. The zero-order chi connectivity index (χ0) is 21.1. The van der Waals surface area contributed by atoms with Crippen LogP contribution in [-0.2, 0) is 10.2 Å². The fraction of sp³-hybridized carbons (Fsp3) is 0.536. The monoisotopic (exact) mass is 414 g/mol. The third kappa shape index (κ3) is 3.20. The van der Waals surface area contributed by atoms with Gasteiger partial charge in [0.15, 0.2) is 0 Å². The summed E-state index contributed by atoms with van der Waals surface area (Å²) in [5, 5.41) is 0. The molecule has 4 saturated carbocycles. The summed E-state index contributed by atoms with van der Waals surface area (Å²) in [4.78, 5) is 18.7. The van der Waals surface area contributed by atoms with Crippen LogP contribution in [0.15, 0.2) is 54.6 Å². The molecule has 0 aromatic heterocycles. The van der Waals surface area contributed by atoms with Gasteiger partial charge in [-0.3, -0.25) is 4.79 Å². The predicted molar refractivity (Wildman–Crippen MR) is 125 cm³/mol. The Morgan fingerprint density at radius 2 is 1.48 bits per heavy atom. The minimum absolute atomic E-state index is 0.107. The van der Waals surface area contributed by atoms with Gasteiger partial charge in [-0.2, -0.15) is 0 Å². The van der Waals surface area contributed by atoms with Gasteiger partial charge < -0.3 is 9.80 Å². The summed E-state index contributed by atoms with van der Waals surface area (Å²) in [6, 6.07) is 19.9. The second kappa shape index (κ2) is 7.12. The second-order valence-electron chi connectivity index (χ2n) is 11.0. The highest BCUT2D eigenvalue weighted by molar-refractivity contribution is 5.84. The van der Waals surface area contributed by atoms with Gasteiger partial charge in [-0.05, 0) is 80.4 Å². The fourth-order valence-corrected chi connectivity index (χ4v) is 7.90. The summed E-state index contributed by atoms with van der Waals surface area (Å²) >= 11 is 0. The van der Waals surface area contributed by atoms with Crippen molar-refractivity contribution in [3.05, 3.63) is 65.7 Å². The lowest BCUT2D eigenvalue weighted by atomic mass is 9.42. The van der Waals surface area contributed by atoms with Crippen LogP contribution in [0.4, 0.5) is 5.69 Å². The Labute approximate surface area is 186 Å². The Morgan fingerprint density at radius 1 is 0.839 bits per heavy atom. The van der Waals surface area contributed by atoms with E-state index in [-0.39, 0.29) is 10.8 Å². The first-order chi connectivity index (χ1) is 15.1. The Bertz CT molecular complexity index is 944. The van der Waals surface area contributed by atoms with E-state index in [9.17, 15) is 4.79 Å². The van der Waals surface area contributed by atoms with Crippen molar-refractivity contribution in [2.24, 2.45) is 17.3 Å². The molecule has 0 unspecified atom stereocenters. The third-order valence-electron chi connectivity index (χ3n) is 8.87. The lowest BCUT2D eigenvalue weighted by molar-refractivity contribution is -0.160. The highest BCUT2D eigenvalue weighted by Gasteiger charge is 2.61. The minimum Gasteiger partial charge on any atom is -0.368 e. The number of carbonyl (C=O) groups is 1. The maximum Gasteiger partial charge on any atom is 0.228 e. The Kier molecular flexibility index (Phi) is 4.45. The first-order valence-corrected chi connectivity index (χ1v) is 12.2. The molecule has 7 rings (SSSR count). The summed E-state index contributed by atoms with van der Waals surface area (Å²) in [7, 11) is 0. The number of amides is 1. The molecule has 3 heteroatoms. The summed E-state index contributed by atoms with van der Waals surface area (Å²) in [6.07, 6.45) is 7.29. The molecule has 0 spiro atoms. The maximum absolute atomic E-state index is 14.0. The molecule has 2 aromatic rings. The van der Waals surface area contributed by atoms with Gasteiger partial charge in [0, 0.05) is 31.9 Å². The number of nitrogens with zero attached hydrogens (tertiary/aromatic N) is 2. The van der Waals surface area contributed by atoms with E-state index >= 15 is 0 Å².